The van der Waals surface area contributed by atoms with Crippen molar-refractivity contribution in [3.05, 3.63) is 82.4 Å². The maximum absolute atomic E-state index is 13.8. The van der Waals surface area contributed by atoms with E-state index in [1.54, 1.807) is 18.2 Å². The Morgan fingerprint density at radius 3 is 2.73 bits per heavy atom. The predicted molar refractivity (Wildman–Crippen MR) is 101 cm³/mol. The first kappa shape index (κ1) is 16.9. The normalized spacial score (nSPS) is 14.1. The average Bonchev–Trinajstić information content (AvgIpc) is 2.66. The van der Waals surface area contributed by atoms with Crippen LogP contribution in [0.2, 0.25) is 5.02 Å². The largest absolute Gasteiger partial charge is 0.322 e. The van der Waals surface area contributed by atoms with Gasteiger partial charge >= 0.3 is 0 Å². The Labute approximate surface area is 156 Å². The van der Waals surface area contributed by atoms with Crippen LogP contribution >= 0.6 is 11.6 Å². The summed E-state index contributed by atoms with van der Waals surface area (Å²) >= 11 is 5.94. The minimum Gasteiger partial charge on any atom is -0.322 e. The van der Waals surface area contributed by atoms with Crippen molar-refractivity contribution in [2.75, 3.05) is 11.9 Å². The monoisotopic (exact) mass is 368 g/mol. The molecule has 4 rings (SSSR count). The Balaban J connectivity index is 1.45. The smallest absolute Gasteiger partial charge is 0.227 e. The molecule has 0 aliphatic carbocycles. The molecule has 0 unspecified atom stereocenters. The summed E-state index contributed by atoms with van der Waals surface area (Å²) in [6.07, 6.45) is 2.68. The number of halogens is 2. The molecule has 0 amide bonds. The van der Waals surface area contributed by atoms with Gasteiger partial charge in [-0.25, -0.2) is 14.4 Å². The van der Waals surface area contributed by atoms with Gasteiger partial charge in [0, 0.05) is 42.8 Å². The molecule has 1 aromatic heterocycles. The molecule has 3 aromatic rings. The van der Waals surface area contributed by atoms with Crippen LogP contribution in [0.3, 0.4) is 0 Å². The number of hydrogen-bond donors (Lipinski definition) is 1. The third kappa shape index (κ3) is 3.84. The second kappa shape index (κ2) is 7.40. The molecule has 0 saturated carbocycles. The summed E-state index contributed by atoms with van der Waals surface area (Å²) in [5, 5.41) is 3.71. The molecule has 0 saturated heterocycles. The van der Waals surface area contributed by atoms with E-state index in [0.717, 1.165) is 42.3 Å². The van der Waals surface area contributed by atoms with E-state index in [2.05, 4.69) is 32.3 Å². The van der Waals surface area contributed by atoms with Crippen LogP contribution in [0.5, 0.6) is 0 Å². The lowest BCUT2D eigenvalue weighted by molar-refractivity contribution is 0.243. The summed E-state index contributed by atoms with van der Waals surface area (Å²) in [6.45, 7) is 2.59. The van der Waals surface area contributed by atoms with Crippen molar-refractivity contribution >= 4 is 23.2 Å². The zero-order valence-electron chi connectivity index (χ0n) is 14.1. The highest BCUT2D eigenvalue weighted by molar-refractivity contribution is 6.30. The fraction of sp³-hybridized carbons (Fsp3) is 0.200. The second-order valence-electron chi connectivity index (χ2n) is 6.36. The molecule has 0 bridgehead atoms. The van der Waals surface area contributed by atoms with Gasteiger partial charge in [0.05, 0.1) is 11.4 Å². The van der Waals surface area contributed by atoms with Crippen LogP contribution in [0.25, 0.3) is 0 Å². The first-order valence-electron chi connectivity index (χ1n) is 8.50. The van der Waals surface area contributed by atoms with Gasteiger partial charge < -0.3 is 5.32 Å². The van der Waals surface area contributed by atoms with Gasteiger partial charge in [0.25, 0.3) is 0 Å². The molecule has 1 aliphatic rings. The van der Waals surface area contributed by atoms with Crippen molar-refractivity contribution in [3.63, 3.8) is 0 Å². The summed E-state index contributed by atoms with van der Waals surface area (Å²) in [6, 6.07) is 14.5. The molecule has 26 heavy (non-hydrogen) atoms. The van der Waals surface area contributed by atoms with Gasteiger partial charge in [0.1, 0.15) is 5.82 Å². The van der Waals surface area contributed by atoms with Gasteiger partial charge in [0.15, 0.2) is 0 Å². The van der Waals surface area contributed by atoms with Gasteiger partial charge in [-0.2, -0.15) is 0 Å². The number of para-hydroxylation sites is 1. The Bertz CT molecular complexity index is 914. The standard InChI is InChI=1S/C20H18ClFN4/c21-16-7-5-14(6-8-16)12-26-10-9-18-15(13-26)11-23-20(24-18)25-19-4-2-1-3-17(19)22/h1-8,11H,9-10,12-13H2,(H,23,24,25). The van der Waals surface area contributed by atoms with E-state index in [9.17, 15) is 4.39 Å². The lowest BCUT2D eigenvalue weighted by Crippen LogP contribution is -2.31. The van der Waals surface area contributed by atoms with E-state index in [-0.39, 0.29) is 5.82 Å². The Morgan fingerprint density at radius 2 is 1.92 bits per heavy atom. The van der Waals surface area contributed by atoms with Crippen LogP contribution in [0.4, 0.5) is 16.0 Å². The highest BCUT2D eigenvalue weighted by atomic mass is 35.5. The minimum absolute atomic E-state index is 0.317. The SMILES string of the molecule is Fc1ccccc1Nc1ncc2c(n1)CCN(Cc1ccc(Cl)cc1)C2. The van der Waals surface area contributed by atoms with Crippen molar-refractivity contribution in [1.82, 2.24) is 14.9 Å². The van der Waals surface area contributed by atoms with Crippen molar-refractivity contribution in [2.24, 2.45) is 0 Å². The highest BCUT2D eigenvalue weighted by Gasteiger charge is 2.19. The molecule has 1 N–H and O–H groups in total. The van der Waals surface area contributed by atoms with Crippen LogP contribution < -0.4 is 5.32 Å². The molecule has 6 heteroatoms. The second-order valence-corrected chi connectivity index (χ2v) is 6.79. The Hall–Kier alpha value is -2.50. The summed E-state index contributed by atoms with van der Waals surface area (Å²) in [4.78, 5) is 11.3. The van der Waals surface area contributed by atoms with Crippen LogP contribution in [0.1, 0.15) is 16.8 Å². The summed E-state index contributed by atoms with van der Waals surface area (Å²) in [7, 11) is 0. The number of nitrogens with zero attached hydrogens (tertiary/aromatic N) is 3. The Morgan fingerprint density at radius 1 is 1.12 bits per heavy atom. The molecular weight excluding hydrogens is 351 g/mol. The zero-order chi connectivity index (χ0) is 17.9. The van der Waals surface area contributed by atoms with Gasteiger partial charge in [-0.05, 0) is 29.8 Å². The van der Waals surface area contributed by atoms with Crippen molar-refractivity contribution in [3.8, 4) is 0 Å². The minimum atomic E-state index is -0.317. The van der Waals surface area contributed by atoms with Gasteiger partial charge in [-0.1, -0.05) is 35.9 Å². The van der Waals surface area contributed by atoms with E-state index in [1.165, 1.54) is 11.6 Å². The third-order valence-electron chi connectivity index (χ3n) is 4.45. The highest BCUT2D eigenvalue weighted by Crippen LogP contribution is 2.22. The van der Waals surface area contributed by atoms with E-state index in [1.807, 2.05) is 18.3 Å². The number of fused-ring (bicyclic) bond motifs is 1. The van der Waals surface area contributed by atoms with E-state index >= 15 is 0 Å². The molecule has 0 fully saturated rings. The first-order chi connectivity index (χ1) is 12.7. The zero-order valence-corrected chi connectivity index (χ0v) is 14.9. The lowest BCUT2D eigenvalue weighted by atomic mass is 10.1. The van der Waals surface area contributed by atoms with Crippen LogP contribution in [0.15, 0.2) is 54.7 Å². The van der Waals surface area contributed by atoms with Crippen LogP contribution in [-0.2, 0) is 19.5 Å². The quantitative estimate of drug-likeness (QED) is 0.732. The van der Waals surface area contributed by atoms with Gasteiger partial charge in [-0.3, -0.25) is 4.90 Å². The van der Waals surface area contributed by atoms with Crippen LogP contribution in [0, 0.1) is 5.82 Å². The van der Waals surface area contributed by atoms with Gasteiger partial charge in [-0.15, -0.1) is 0 Å². The molecular formula is C20H18ClFN4. The molecule has 2 heterocycles. The molecule has 2 aromatic carbocycles. The third-order valence-corrected chi connectivity index (χ3v) is 4.70. The molecule has 132 valence electrons. The van der Waals surface area contributed by atoms with Crippen molar-refractivity contribution in [1.29, 1.82) is 0 Å². The van der Waals surface area contributed by atoms with Gasteiger partial charge in [0.2, 0.25) is 5.95 Å². The maximum atomic E-state index is 13.8. The lowest BCUT2D eigenvalue weighted by Gasteiger charge is -2.28. The molecule has 0 spiro atoms. The summed E-state index contributed by atoms with van der Waals surface area (Å²) in [5.74, 6) is 0.114. The molecule has 0 atom stereocenters. The average molecular weight is 369 g/mol. The topological polar surface area (TPSA) is 41.1 Å². The van der Waals surface area contributed by atoms with E-state index in [0.29, 0.717) is 11.6 Å². The fourth-order valence-corrected chi connectivity index (χ4v) is 3.23. The first-order valence-corrected chi connectivity index (χ1v) is 8.88. The Kier molecular flexibility index (Phi) is 4.82. The van der Waals surface area contributed by atoms with Crippen molar-refractivity contribution in [2.45, 2.75) is 19.5 Å². The predicted octanol–water partition coefficient (Wildman–Crippen LogP) is 4.57. The number of benzene rings is 2. The summed E-state index contributed by atoms with van der Waals surface area (Å²) < 4.78 is 13.8. The van der Waals surface area contributed by atoms with Crippen LogP contribution in [-0.4, -0.2) is 21.4 Å². The number of anilines is 2. The number of hydrogen-bond acceptors (Lipinski definition) is 4. The van der Waals surface area contributed by atoms with E-state index in [4.69, 9.17) is 11.6 Å². The molecule has 0 radical (unpaired) electrons. The summed E-state index contributed by atoms with van der Waals surface area (Å²) in [5.41, 5.74) is 3.75. The van der Waals surface area contributed by atoms with E-state index < -0.39 is 0 Å². The fourth-order valence-electron chi connectivity index (χ4n) is 3.10. The maximum Gasteiger partial charge on any atom is 0.227 e. The van der Waals surface area contributed by atoms with Crippen molar-refractivity contribution < 1.29 is 4.39 Å². The number of aromatic nitrogens is 2. The molecule has 1 aliphatic heterocycles. The number of rotatable bonds is 4. The molecule has 4 nitrogen and oxygen atoms in total. The number of nitrogens with one attached hydrogen (secondary N) is 1.